The molecule has 4 aromatic heterocycles. The van der Waals surface area contributed by atoms with Gasteiger partial charge in [0.25, 0.3) is 11.5 Å². The second-order valence-electron chi connectivity index (χ2n) is 20.3. The first-order valence-corrected chi connectivity index (χ1v) is 23.3. The number of pyridine rings is 2. The Morgan fingerprint density at radius 1 is 0.985 bits per heavy atom. The molecule has 5 aromatic rings. The van der Waals surface area contributed by atoms with Crippen LogP contribution in [0.4, 0.5) is 34.5 Å². The summed E-state index contributed by atoms with van der Waals surface area (Å²) in [4.78, 5) is 64.0. The van der Waals surface area contributed by atoms with Crippen molar-refractivity contribution in [3.05, 3.63) is 112 Å². The highest BCUT2D eigenvalue weighted by molar-refractivity contribution is 6.06. The second kappa shape index (κ2) is 17.5. The van der Waals surface area contributed by atoms with Crippen LogP contribution in [0.1, 0.15) is 87.4 Å². The lowest BCUT2D eigenvalue weighted by molar-refractivity contribution is -0.111. The number of benzene rings is 1. The van der Waals surface area contributed by atoms with E-state index in [4.69, 9.17) is 9.97 Å². The standard InChI is InChI=1S/C51H63N11O4/c1-9-45(64)54-38-26-34(13-14-40(38)60-22-21-59(29-32(60)2)35-16-19-58(20-17-35)44-12-10-11-43(56-44)50(3,4)5)53-46-49(66)57(8)30-39(55-46)36-15-18-52-47(37(36)31-63)62-24-23-61-41(48(62)65)25-33-27-51(6,7)28-42(33)61/h9-15,18,25-26,30,32,35,63H,1,16-17,19-24,27-29,31H2,2-8H3,(H,53,55)(H,54,64)/t32-/m0/s1. The van der Waals surface area contributed by atoms with E-state index in [2.05, 4.69) is 101 Å². The van der Waals surface area contributed by atoms with Crippen LogP contribution in [0.3, 0.4) is 0 Å². The summed E-state index contributed by atoms with van der Waals surface area (Å²) < 4.78 is 3.59. The van der Waals surface area contributed by atoms with Gasteiger partial charge in [-0.15, -0.1) is 0 Å². The van der Waals surface area contributed by atoms with E-state index in [0.29, 0.717) is 58.8 Å². The zero-order chi connectivity index (χ0) is 46.7. The predicted octanol–water partition coefficient (Wildman–Crippen LogP) is 6.66. The van der Waals surface area contributed by atoms with Gasteiger partial charge in [0, 0.05) is 111 Å². The number of anilines is 6. The zero-order valence-corrected chi connectivity index (χ0v) is 39.4. The van der Waals surface area contributed by atoms with Crippen molar-refractivity contribution in [2.45, 2.75) is 97.9 Å². The summed E-state index contributed by atoms with van der Waals surface area (Å²) in [6.07, 6.45) is 8.47. The third-order valence-corrected chi connectivity index (χ3v) is 13.9. The summed E-state index contributed by atoms with van der Waals surface area (Å²) in [5.74, 6) is 0.982. The predicted molar refractivity (Wildman–Crippen MR) is 261 cm³/mol. The van der Waals surface area contributed by atoms with Gasteiger partial charge in [0.1, 0.15) is 17.3 Å². The molecule has 0 spiro atoms. The molecule has 0 bridgehead atoms. The molecule has 3 aliphatic heterocycles. The number of piperazine rings is 1. The van der Waals surface area contributed by atoms with Crippen molar-refractivity contribution in [1.82, 2.24) is 29.0 Å². The summed E-state index contributed by atoms with van der Waals surface area (Å²) in [7, 11) is 1.65. The zero-order valence-electron chi connectivity index (χ0n) is 39.4. The Kier molecular flexibility index (Phi) is 11.9. The highest BCUT2D eigenvalue weighted by Crippen LogP contribution is 2.41. The number of piperidine rings is 1. The number of aliphatic hydroxyl groups excluding tert-OH is 1. The largest absolute Gasteiger partial charge is 0.392 e. The number of hydrogen-bond acceptors (Lipinski definition) is 11. The van der Waals surface area contributed by atoms with Gasteiger partial charge in [-0.05, 0) is 92.1 Å². The van der Waals surface area contributed by atoms with Crippen LogP contribution in [-0.4, -0.2) is 97.3 Å². The molecule has 2 fully saturated rings. The van der Waals surface area contributed by atoms with E-state index in [0.717, 1.165) is 75.6 Å². The van der Waals surface area contributed by atoms with Crippen LogP contribution in [0.2, 0.25) is 0 Å². The van der Waals surface area contributed by atoms with Crippen molar-refractivity contribution in [2.75, 3.05) is 64.6 Å². The first-order chi connectivity index (χ1) is 31.5. The lowest BCUT2D eigenvalue weighted by Crippen LogP contribution is -2.57. The molecule has 7 heterocycles. The van der Waals surface area contributed by atoms with Crippen LogP contribution >= 0.6 is 0 Å². The van der Waals surface area contributed by atoms with Gasteiger partial charge in [-0.3, -0.25) is 24.2 Å². The molecule has 15 nitrogen and oxygen atoms in total. The van der Waals surface area contributed by atoms with E-state index < -0.39 is 6.61 Å². The highest BCUT2D eigenvalue weighted by atomic mass is 16.3. The number of fused-ring (bicyclic) bond motifs is 3. The minimum Gasteiger partial charge on any atom is -0.392 e. The Hall–Kier alpha value is -6.32. The SMILES string of the molecule is C=CC(=O)Nc1cc(Nc2nc(-c3ccnc(N4CCn5c(cc6c5CC(C)(C)C6)C4=O)c3CO)cn(C)c2=O)ccc1N1CCN(C2CCN(c3cccc(C(C)(C)C)n3)CC2)C[C@@H]1C. The van der Waals surface area contributed by atoms with Gasteiger partial charge in [0.05, 0.1) is 23.7 Å². The van der Waals surface area contributed by atoms with Crippen LogP contribution < -0.4 is 30.9 Å². The molecule has 346 valence electrons. The van der Waals surface area contributed by atoms with E-state index in [1.165, 1.54) is 21.9 Å². The molecule has 4 aliphatic rings. The summed E-state index contributed by atoms with van der Waals surface area (Å²) in [5, 5.41) is 17.1. The van der Waals surface area contributed by atoms with Crippen LogP contribution in [-0.2, 0) is 43.3 Å². The van der Waals surface area contributed by atoms with E-state index in [-0.39, 0.29) is 40.1 Å². The van der Waals surface area contributed by atoms with Crippen molar-refractivity contribution in [3.63, 3.8) is 0 Å². The van der Waals surface area contributed by atoms with Gasteiger partial charge in [-0.2, -0.15) is 0 Å². The Morgan fingerprint density at radius 3 is 2.50 bits per heavy atom. The molecule has 3 N–H and O–H groups in total. The molecule has 1 atom stereocenters. The minimum absolute atomic E-state index is 0.00126. The normalized spacial score (nSPS) is 18.9. The minimum atomic E-state index is -0.397. The Bertz CT molecular complexity index is 2760. The molecule has 9 rings (SSSR count). The van der Waals surface area contributed by atoms with E-state index >= 15 is 0 Å². The molecule has 0 unspecified atom stereocenters. The molecule has 0 radical (unpaired) electrons. The van der Waals surface area contributed by atoms with Gasteiger partial charge in [0.2, 0.25) is 5.91 Å². The highest BCUT2D eigenvalue weighted by Gasteiger charge is 2.38. The van der Waals surface area contributed by atoms with Crippen molar-refractivity contribution in [1.29, 1.82) is 0 Å². The van der Waals surface area contributed by atoms with Crippen LogP contribution in [0.15, 0.2) is 78.4 Å². The number of rotatable bonds is 10. The number of nitrogens with zero attached hydrogens (tertiary/aromatic N) is 9. The molecule has 1 aromatic carbocycles. The summed E-state index contributed by atoms with van der Waals surface area (Å²) in [6.45, 7) is 22.2. The first kappa shape index (κ1) is 44.9. The molecular weight excluding hydrogens is 831 g/mol. The average Bonchev–Trinajstić information content (AvgIpc) is 3.79. The molecule has 2 saturated heterocycles. The Morgan fingerprint density at radius 2 is 1.77 bits per heavy atom. The van der Waals surface area contributed by atoms with Crippen LogP contribution in [0, 0.1) is 5.41 Å². The Labute approximate surface area is 387 Å². The summed E-state index contributed by atoms with van der Waals surface area (Å²) >= 11 is 0. The summed E-state index contributed by atoms with van der Waals surface area (Å²) in [6, 6.07) is 16.5. The number of aromatic nitrogens is 5. The number of hydrogen-bond donors (Lipinski definition) is 3. The fourth-order valence-electron chi connectivity index (χ4n) is 10.5. The second-order valence-corrected chi connectivity index (χ2v) is 20.3. The van der Waals surface area contributed by atoms with Gasteiger partial charge in [-0.1, -0.05) is 47.3 Å². The number of amides is 2. The molecule has 1 aliphatic carbocycles. The Balaban J connectivity index is 0.919. The number of carbonyl (C=O) groups excluding carboxylic acids is 2. The third-order valence-electron chi connectivity index (χ3n) is 13.9. The molecule has 66 heavy (non-hydrogen) atoms. The third kappa shape index (κ3) is 8.61. The van der Waals surface area contributed by atoms with E-state index in [9.17, 15) is 19.5 Å². The lowest BCUT2D eigenvalue weighted by Gasteiger charge is -2.47. The van der Waals surface area contributed by atoms with Crippen molar-refractivity contribution >= 4 is 46.3 Å². The number of nitrogens with one attached hydrogen (secondary N) is 2. The fraction of sp³-hybridized carbons (Fsp3) is 0.451. The average molecular weight is 894 g/mol. The molecule has 0 saturated carbocycles. The fourth-order valence-corrected chi connectivity index (χ4v) is 10.5. The smallest absolute Gasteiger partial charge is 0.293 e. The van der Waals surface area contributed by atoms with Gasteiger partial charge in [-0.25, -0.2) is 15.0 Å². The molecule has 2 amide bonds. The van der Waals surface area contributed by atoms with Crippen LogP contribution in [0.25, 0.3) is 11.3 Å². The van der Waals surface area contributed by atoms with Gasteiger partial charge < -0.3 is 34.7 Å². The first-order valence-electron chi connectivity index (χ1n) is 23.3. The van der Waals surface area contributed by atoms with Crippen molar-refractivity contribution in [3.8, 4) is 11.3 Å². The number of aryl methyl sites for hydroxylation is 1. The number of carbonyl (C=O) groups is 2. The summed E-state index contributed by atoms with van der Waals surface area (Å²) in [5.41, 5.74) is 7.43. The quantitative estimate of drug-likeness (QED) is 0.129. The van der Waals surface area contributed by atoms with Crippen molar-refractivity contribution in [2.24, 2.45) is 12.5 Å². The maximum absolute atomic E-state index is 14.0. The lowest BCUT2D eigenvalue weighted by atomic mass is 9.90. The van der Waals surface area contributed by atoms with Gasteiger partial charge in [0.15, 0.2) is 5.82 Å². The van der Waals surface area contributed by atoms with Gasteiger partial charge >= 0.3 is 0 Å². The van der Waals surface area contributed by atoms with Crippen molar-refractivity contribution < 1.29 is 14.7 Å². The van der Waals surface area contributed by atoms with E-state index in [1.54, 1.807) is 30.4 Å². The molecule has 15 heteroatoms. The topological polar surface area (TPSA) is 157 Å². The van der Waals surface area contributed by atoms with Crippen LogP contribution in [0.5, 0.6) is 0 Å². The van der Waals surface area contributed by atoms with E-state index in [1.807, 2.05) is 24.3 Å². The maximum atomic E-state index is 14.0. The monoisotopic (exact) mass is 894 g/mol. The maximum Gasteiger partial charge on any atom is 0.293 e. The molecular formula is C51H63N11O4. The number of aliphatic hydroxyl groups is 1.